The predicted molar refractivity (Wildman–Crippen MR) is 168 cm³/mol. The van der Waals surface area contributed by atoms with Crippen LogP contribution in [-0.2, 0) is 41.2 Å². The molecule has 19 nitrogen and oxygen atoms in total. The van der Waals surface area contributed by atoms with E-state index >= 15 is 0 Å². The van der Waals surface area contributed by atoms with Crippen LogP contribution in [0.4, 0.5) is 5.82 Å². The second-order valence-electron chi connectivity index (χ2n) is 11.2. The van der Waals surface area contributed by atoms with Crippen LogP contribution in [0.15, 0.2) is 30.1 Å². The van der Waals surface area contributed by atoms with Gasteiger partial charge in [-0.1, -0.05) is 12.2 Å². The zero-order chi connectivity index (χ0) is 32.2. The molecular formula is C23H29N11O8P2S2. The summed E-state index contributed by atoms with van der Waals surface area (Å²) in [6, 6.07) is 0. The van der Waals surface area contributed by atoms with Gasteiger partial charge in [-0.3, -0.25) is 9.36 Å². The fraction of sp³-hybridized carbons (Fsp3) is 0.522. The lowest BCUT2D eigenvalue weighted by atomic mass is 9.65. The number of anilines is 1. The Kier molecular flexibility index (Phi) is 8.50. The zero-order valence-electron chi connectivity index (χ0n) is 23.8. The summed E-state index contributed by atoms with van der Waals surface area (Å²) >= 11 is 8.91. The molecule has 2 unspecified atom stereocenters. The lowest BCUT2D eigenvalue weighted by Gasteiger charge is -2.45. The molecule has 1 saturated carbocycles. The van der Waals surface area contributed by atoms with E-state index in [-0.39, 0.29) is 72.6 Å². The van der Waals surface area contributed by atoms with Gasteiger partial charge in [0.25, 0.3) is 5.56 Å². The summed E-state index contributed by atoms with van der Waals surface area (Å²) < 4.78 is 39.1. The monoisotopic (exact) mass is 713 g/mol. The maximum atomic E-state index is 12.8. The van der Waals surface area contributed by atoms with Gasteiger partial charge in [0.15, 0.2) is 22.6 Å². The highest BCUT2D eigenvalue weighted by molar-refractivity contribution is 8.44. The number of thiol groups is 1. The number of nitrogens with two attached hydrogens (primary N) is 1. The SMILES string of the molecule is Nc1ncnc2c1ncn2[C@H]1CC[C@@H](COP(O)(=S)OC[C@@H]2[C@@H](COP(=O)(O)S)C[C@H]2Cn2cnc3c(=O)n4cn[nH]c4nc32)O1. The van der Waals surface area contributed by atoms with Crippen LogP contribution in [0.3, 0.4) is 0 Å². The molecule has 246 valence electrons. The summed E-state index contributed by atoms with van der Waals surface area (Å²) in [5, 5.41) is 6.54. The van der Waals surface area contributed by atoms with Crippen molar-refractivity contribution in [2.45, 2.75) is 38.1 Å². The Hall–Kier alpha value is -2.84. The van der Waals surface area contributed by atoms with E-state index in [9.17, 15) is 19.1 Å². The van der Waals surface area contributed by atoms with E-state index < -0.39 is 13.5 Å². The Morgan fingerprint density at radius 2 is 1.85 bits per heavy atom. The molecule has 0 amide bonds. The highest BCUT2D eigenvalue weighted by Gasteiger charge is 2.43. The molecule has 5 aromatic rings. The maximum absolute atomic E-state index is 12.8. The van der Waals surface area contributed by atoms with Gasteiger partial charge in [0.2, 0.25) is 5.78 Å². The Balaban J connectivity index is 0.985. The van der Waals surface area contributed by atoms with Gasteiger partial charge in [0, 0.05) is 6.54 Å². The molecule has 1 aliphatic carbocycles. The number of rotatable bonds is 12. The second-order valence-corrected chi connectivity index (χ2v) is 16.8. The van der Waals surface area contributed by atoms with Crippen LogP contribution < -0.4 is 11.3 Å². The van der Waals surface area contributed by atoms with Gasteiger partial charge >= 0.3 is 13.5 Å². The lowest BCUT2D eigenvalue weighted by molar-refractivity contribution is -0.0286. The second kappa shape index (κ2) is 12.3. The number of aromatic amines is 1. The number of H-pyrrole nitrogens is 1. The molecule has 23 heteroatoms. The summed E-state index contributed by atoms with van der Waals surface area (Å²) in [5.74, 6) is 0.0621. The third kappa shape index (κ3) is 6.36. The first-order chi connectivity index (χ1) is 22.0. The van der Waals surface area contributed by atoms with Crippen molar-refractivity contribution in [1.82, 2.24) is 48.7 Å². The molecule has 6 heterocycles. The largest absolute Gasteiger partial charge is 0.383 e. The summed E-state index contributed by atoms with van der Waals surface area (Å²) in [7, 11) is 0. The molecule has 0 radical (unpaired) electrons. The van der Waals surface area contributed by atoms with Gasteiger partial charge in [0.1, 0.15) is 24.4 Å². The molecule has 0 spiro atoms. The number of nitrogen functional groups attached to an aromatic ring is 1. The average Bonchev–Trinajstić information content (AvgIpc) is 3.80. The number of hydrogen-bond acceptors (Lipinski definition) is 14. The van der Waals surface area contributed by atoms with Crippen molar-refractivity contribution in [1.29, 1.82) is 0 Å². The Morgan fingerprint density at radius 1 is 1.04 bits per heavy atom. The van der Waals surface area contributed by atoms with E-state index in [2.05, 4.69) is 47.4 Å². The first kappa shape index (κ1) is 31.7. The summed E-state index contributed by atoms with van der Waals surface area (Å²) in [6.45, 7) is -7.34. The van der Waals surface area contributed by atoms with Crippen molar-refractivity contribution in [2.75, 3.05) is 25.6 Å². The summed E-state index contributed by atoms with van der Waals surface area (Å²) in [5.41, 5.74) is 7.15. The fourth-order valence-corrected chi connectivity index (χ4v) is 7.75. The number of fused-ring (bicyclic) bond motifs is 3. The van der Waals surface area contributed by atoms with Gasteiger partial charge in [-0.15, -0.1) is 0 Å². The van der Waals surface area contributed by atoms with Crippen LogP contribution in [0.25, 0.3) is 28.1 Å². The first-order valence-electron chi connectivity index (χ1n) is 14.1. The Morgan fingerprint density at radius 3 is 2.67 bits per heavy atom. The molecule has 46 heavy (non-hydrogen) atoms. The van der Waals surface area contributed by atoms with Crippen LogP contribution in [0.5, 0.6) is 0 Å². The Labute approximate surface area is 269 Å². The Bertz CT molecular complexity index is 2060. The number of hydrogen-bond donors (Lipinski definition) is 5. The van der Waals surface area contributed by atoms with Crippen LogP contribution in [0, 0.1) is 17.8 Å². The van der Waals surface area contributed by atoms with Gasteiger partial charge in [-0.05, 0) is 48.8 Å². The van der Waals surface area contributed by atoms with Crippen molar-refractivity contribution in [2.24, 2.45) is 17.8 Å². The van der Waals surface area contributed by atoms with E-state index in [0.29, 0.717) is 42.6 Å². The van der Waals surface area contributed by atoms with E-state index in [0.717, 1.165) is 0 Å². The number of aromatic nitrogens is 10. The lowest BCUT2D eigenvalue weighted by Crippen LogP contribution is -2.44. The topological polar surface area (TPSA) is 245 Å². The van der Waals surface area contributed by atoms with Crippen molar-refractivity contribution >= 4 is 71.5 Å². The molecule has 0 aromatic carbocycles. The van der Waals surface area contributed by atoms with Crippen molar-refractivity contribution in [3.05, 3.63) is 35.7 Å². The van der Waals surface area contributed by atoms with Crippen LogP contribution >= 0.6 is 25.8 Å². The normalized spacial score (nSPS) is 26.0. The molecule has 5 N–H and O–H groups in total. The van der Waals surface area contributed by atoms with E-state index in [1.165, 1.54) is 23.4 Å². The van der Waals surface area contributed by atoms with Gasteiger partial charge < -0.3 is 38.4 Å². The van der Waals surface area contributed by atoms with Crippen molar-refractivity contribution in [3.63, 3.8) is 0 Å². The van der Waals surface area contributed by atoms with Crippen molar-refractivity contribution in [3.8, 4) is 0 Å². The third-order valence-corrected chi connectivity index (χ3v) is 10.8. The van der Waals surface area contributed by atoms with Crippen LogP contribution in [0.1, 0.15) is 25.5 Å². The standard InChI is InChI=1S/C23H29N11O8P2S2/c24-19-17-20(26-8-25-19)33(10-28-17)16-2-1-14(42-16)6-40-44(38,46)41-7-15-12(3-13(15)5-39-43(36,37)45)4-32-9-27-18-21(32)30-23-31-29-11-34(23)22(18)35/h8-16H,1-7H2,(H,30,31)(H,38,46)(H2,24,25,26)(H2,36,37,45)/t12-,13+,14-,15-,16+,44?/m0/s1. The molecule has 1 saturated heterocycles. The molecule has 1 aliphatic heterocycles. The summed E-state index contributed by atoms with van der Waals surface area (Å²) in [6.07, 6.45) is 7.00. The predicted octanol–water partition coefficient (Wildman–Crippen LogP) is 1.42. The number of nitrogens with one attached hydrogen (secondary N) is 1. The van der Waals surface area contributed by atoms with Gasteiger partial charge in [-0.2, -0.15) is 10.1 Å². The minimum atomic E-state index is -4.01. The van der Waals surface area contributed by atoms with Gasteiger partial charge in [0.05, 0.1) is 38.6 Å². The van der Waals surface area contributed by atoms with E-state index in [4.69, 9.17) is 35.8 Å². The highest BCUT2D eigenvalue weighted by Crippen LogP contribution is 2.52. The molecule has 2 fully saturated rings. The zero-order valence-corrected chi connectivity index (χ0v) is 27.3. The van der Waals surface area contributed by atoms with Crippen molar-refractivity contribution < 1.29 is 32.7 Å². The molecule has 7 atom stereocenters. The molecular weight excluding hydrogens is 684 g/mol. The van der Waals surface area contributed by atoms with E-state index in [1.807, 2.05) is 0 Å². The van der Waals surface area contributed by atoms with Crippen LogP contribution in [-0.4, -0.2) is 84.4 Å². The summed E-state index contributed by atoms with van der Waals surface area (Å²) in [4.78, 5) is 54.4. The fourth-order valence-electron chi connectivity index (χ4n) is 6.01. The molecule has 7 rings (SSSR count). The minimum absolute atomic E-state index is 0.00140. The van der Waals surface area contributed by atoms with Crippen LogP contribution in [0.2, 0.25) is 0 Å². The number of nitrogens with zero attached hydrogens (tertiary/aromatic N) is 9. The molecule has 5 aromatic heterocycles. The molecule has 2 aliphatic rings. The first-order valence-corrected chi connectivity index (χ1v) is 19.4. The quantitative estimate of drug-likeness (QED) is 0.0906. The minimum Gasteiger partial charge on any atom is -0.382 e. The van der Waals surface area contributed by atoms with Gasteiger partial charge in [-0.25, -0.2) is 34.0 Å². The number of ether oxygens (including phenoxy) is 1. The smallest absolute Gasteiger partial charge is 0.382 e. The van der Waals surface area contributed by atoms with E-state index in [1.54, 1.807) is 15.5 Å². The maximum Gasteiger partial charge on any atom is 0.383 e. The average molecular weight is 714 g/mol. The number of imidazole rings is 2. The third-order valence-electron chi connectivity index (χ3n) is 8.35. The molecule has 0 bridgehead atoms. The highest BCUT2D eigenvalue weighted by atomic mass is 32.7.